The first kappa shape index (κ1) is 27.4. The molecule has 0 aliphatic carbocycles. The number of pyridine rings is 1. The largest absolute Gasteiger partial charge is 0.489 e. The molecular weight excluding hydrogens is 456 g/mol. The van der Waals surface area contributed by atoms with Crippen molar-refractivity contribution < 1.29 is 33.7 Å². The van der Waals surface area contributed by atoms with Crippen LogP contribution in [0, 0.1) is 0 Å². The van der Waals surface area contributed by atoms with Gasteiger partial charge in [-0.1, -0.05) is 30.3 Å². The summed E-state index contributed by atoms with van der Waals surface area (Å²) in [7, 11) is 0. The zero-order chi connectivity index (χ0) is 26.4. The lowest BCUT2D eigenvalue weighted by Crippen LogP contribution is -2.54. The SMILES string of the molecule is CC(C)(C)OC(=O)N(C(=O)OC(C)(C)C)C(Cn1ccc(OCc2ccccc2)cc1=O)C(=O)O. The van der Waals surface area contributed by atoms with Crippen LogP contribution in [0.4, 0.5) is 9.59 Å². The quantitative estimate of drug-likeness (QED) is 0.619. The van der Waals surface area contributed by atoms with Crippen LogP contribution >= 0.6 is 0 Å². The minimum Gasteiger partial charge on any atom is -0.489 e. The Morgan fingerprint density at radius 2 is 1.49 bits per heavy atom. The molecular formula is C25H32N2O8. The van der Waals surface area contributed by atoms with E-state index in [-0.39, 0.29) is 12.4 Å². The first-order valence-electron chi connectivity index (χ1n) is 11.0. The van der Waals surface area contributed by atoms with E-state index < -0.39 is 47.5 Å². The summed E-state index contributed by atoms with van der Waals surface area (Å²) in [5.41, 5.74) is -1.67. The second kappa shape index (κ2) is 11.1. The second-order valence-corrected chi connectivity index (χ2v) is 9.81. The maximum absolute atomic E-state index is 12.8. The standard InChI is InChI=1S/C25H32N2O8/c1-24(2,3)34-22(31)27(23(32)35-25(4,5)6)19(21(29)30)15-26-13-12-18(14-20(26)28)33-16-17-10-8-7-9-11-17/h7-14,19H,15-16H2,1-6H3,(H,29,30). The fourth-order valence-corrected chi connectivity index (χ4v) is 2.88. The van der Waals surface area contributed by atoms with Crippen molar-refractivity contribution >= 4 is 18.2 Å². The number of carboxylic acid groups (broad SMARTS) is 1. The normalized spacial score (nSPS) is 12.4. The lowest BCUT2D eigenvalue weighted by molar-refractivity contribution is -0.143. The van der Waals surface area contributed by atoms with Gasteiger partial charge in [0.2, 0.25) is 0 Å². The molecule has 2 amide bonds. The van der Waals surface area contributed by atoms with E-state index in [9.17, 15) is 24.3 Å². The molecule has 1 unspecified atom stereocenters. The highest BCUT2D eigenvalue weighted by atomic mass is 16.6. The molecule has 0 fully saturated rings. The van der Waals surface area contributed by atoms with Crippen LogP contribution in [-0.4, -0.2) is 50.0 Å². The highest BCUT2D eigenvalue weighted by Crippen LogP contribution is 2.18. The Bertz CT molecular complexity index is 1070. The average molecular weight is 489 g/mol. The zero-order valence-corrected chi connectivity index (χ0v) is 20.8. The molecule has 1 aromatic heterocycles. The van der Waals surface area contributed by atoms with E-state index >= 15 is 0 Å². The molecule has 1 N–H and O–H groups in total. The van der Waals surface area contributed by atoms with Crippen molar-refractivity contribution in [2.75, 3.05) is 0 Å². The minimum absolute atomic E-state index is 0.243. The number of benzene rings is 1. The predicted molar refractivity (Wildman–Crippen MR) is 127 cm³/mol. The summed E-state index contributed by atoms with van der Waals surface area (Å²) in [6.45, 7) is 9.18. The Labute approximate surface area is 204 Å². The number of amides is 2. The highest BCUT2D eigenvalue weighted by Gasteiger charge is 2.40. The molecule has 10 heteroatoms. The number of hydrogen-bond acceptors (Lipinski definition) is 7. The number of carboxylic acids is 1. The van der Waals surface area contributed by atoms with E-state index in [2.05, 4.69) is 0 Å². The predicted octanol–water partition coefficient (Wildman–Crippen LogP) is 4.05. The van der Waals surface area contributed by atoms with Gasteiger partial charge in [-0.25, -0.2) is 14.4 Å². The van der Waals surface area contributed by atoms with Gasteiger partial charge in [0.1, 0.15) is 23.6 Å². The van der Waals surface area contributed by atoms with E-state index in [0.29, 0.717) is 4.90 Å². The molecule has 0 radical (unpaired) electrons. The van der Waals surface area contributed by atoms with Crippen molar-refractivity contribution in [2.24, 2.45) is 0 Å². The number of nitrogens with zero attached hydrogens (tertiary/aromatic N) is 2. The van der Waals surface area contributed by atoms with Gasteiger partial charge in [0.15, 0.2) is 6.04 Å². The molecule has 1 heterocycles. The number of imide groups is 1. The summed E-state index contributed by atoms with van der Waals surface area (Å²) in [5, 5.41) is 9.86. The summed E-state index contributed by atoms with van der Waals surface area (Å²) in [6.07, 6.45) is -1.06. The lowest BCUT2D eigenvalue weighted by atomic mass is 10.2. The Balaban J connectivity index is 2.29. The van der Waals surface area contributed by atoms with E-state index in [0.717, 1.165) is 10.1 Å². The number of hydrogen-bond donors (Lipinski definition) is 1. The molecule has 2 aromatic rings. The van der Waals surface area contributed by atoms with Gasteiger partial charge in [-0.05, 0) is 53.2 Å². The molecule has 1 aromatic carbocycles. The molecule has 0 aliphatic heterocycles. The lowest BCUT2D eigenvalue weighted by Gasteiger charge is -2.31. The summed E-state index contributed by atoms with van der Waals surface area (Å²) in [4.78, 5) is 50.8. The van der Waals surface area contributed by atoms with Crippen molar-refractivity contribution in [1.82, 2.24) is 9.47 Å². The van der Waals surface area contributed by atoms with Crippen LogP contribution in [0.25, 0.3) is 0 Å². The van der Waals surface area contributed by atoms with Crippen LogP contribution in [0.5, 0.6) is 5.75 Å². The number of rotatable bonds is 7. The number of carbonyl (C=O) groups is 3. The van der Waals surface area contributed by atoms with Crippen molar-refractivity contribution in [2.45, 2.75) is 71.9 Å². The summed E-state index contributed by atoms with van der Waals surface area (Å²) in [5.74, 6) is -1.23. The summed E-state index contributed by atoms with van der Waals surface area (Å²) in [6, 6.07) is 10.3. The molecule has 2 rings (SSSR count). The van der Waals surface area contributed by atoms with E-state index in [4.69, 9.17) is 14.2 Å². The molecule has 190 valence electrons. The fourth-order valence-electron chi connectivity index (χ4n) is 2.88. The maximum Gasteiger partial charge on any atom is 0.420 e. The Morgan fingerprint density at radius 3 is 1.94 bits per heavy atom. The van der Waals surface area contributed by atoms with E-state index in [1.54, 1.807) is 41.5 Å². The second-order valence-electron chi connectivity index (χ2n) is 9.81. The average Bonchev–Trinajstić information content (AvgIpc) is 2.71. The molecule has 35 heavy (non-hydrogen) atoms. The smallest absolute Gasteiger partial charge is 0.420 e. The third-order valence-electron chi connectivity index (χ3n) is 4.36. The molecule has 0 spiro atoms. The van der Waals surface area contributed by atoms with Gasteiger partial charge in [0, 0.05) is 12.3 Å². The minimum atomic E-state index is -1.77. The van der Waals surface area contributed by atoms with Gasteiger partial charge in [-0.3, -0.25) is 4.79 Å². The first-order chi connectivity index (χ1) is 16.2. The molecule has 0 saturated heterocycles. The van der Waals surface area contributed by atoms with Crippen molar-refractivity contribution in [3.05, 3.63) is 64.6 Å². The van der Waals surface area contributed by atoms with Crippen LogP contribution in [0.3, 0.4) is 0 Å². The zero-order valence-electron chi connectivity index (χ0n) is 20.8. The molecule has 1 atom stereocenters. The van der Waals surface area contributed by atoms with Crippen molar-refractivity contribution in [3.63, 3.8) is 0 Å². The highest BCUT2D eigenvalue weighted by molar-refractivity contribution is 5.93. The first-order valence-corrected chi connectivity index (χ1v) is 11.0. The molecule has 0 aliphatic rings. The van der Waals surface area contributed by atoms with Crippen LogP contribution in [0.2, 0.25) is 0 Å². The third-order valence-corrected chi connectivity index (χ3v) is 4.36. The van der Waals surface area contributed by atoms with Crippen molar-refractivity contribution in [3.8, 4) is 5.75 Å². The molecule has 0 saturated carbocycles. The number of aliphatic carboxylic acids is 1. The Morgan fingerprint density at radius 1 is 0.943 bits per heavy atom. The van der Waals surface area contributed by atoms with Crippen molar-refractivity contribution in [1.29, 1.82) is 0 Å². The van der Waals surface area contributed by atoms with E-state index in [1.165, 1.54) is 18.3 Å². The van der Waals surface area contributed by atoms with Gasteiger partial charge in [0.25, 0.3) is 5.56 Å². The summed E-state index contributed by atoms with van der Waals surface area (Å²) >= 11 is 0. The van der Waals surface area contributed by atoms with Crippen LogP contribution < -0.4 is 10.3 Å². The van der Waals surface area contributed by atoms with Crippen LogP contribution in [0.1, 0.15) is 47.1 Å². The number of carbonyl (C=O) groups excluding carboxylic acids is 2. The number of ether oxygens (including phenoxy) is 3. The third kappa shape index (κ3) is 8.80. The van der Waals surface area contributed by atoms with Gasteiger partial charge >= 0.3 is 18.2 Å². The maximum atomic E-state index is 12.8. The number of aromatic nitrogens is 1. The van der Waals surface area contributed by atoms with Gasteiger partial charge in [0.05, 0.1) is 6.54 Å². The molecule has 0 bridgehead atoms. The fraction of sp³-hybridized carbons (Fsp3) is 0.440. The Hall–Kier alpha value is -3.82. The van der Waals surface area contributed by atoms with Gasteiger partial charge < -0.3 is 23.9 Å². The topological polar surface area (TPSA) is 124 Å². The van der Waals surface area contributed by atoms with Crippen LogP contribution in [-0.2, 0) is 27.4 Å². The monoisotopic (exact) mass is 488 g/mol. The summed E-state index contributed by atoms with van der Waals surface area (Å²) < 4.78 is 17.2. The Kier molecular flexibility index (Phi) is 8.67. The van der Waals surface area contributed by atoms with Crippen LogP contribution in [0.15, 0.2) is 53.5 Å². The van der Waals surface area contributed by atoms with E-state index in [1.807, 2.05) is 30.3 Å². The molecule has 10 nitrogen and oxygen atoms in total. The van der Waals surface area contributed by atoms with Gasteiger partial charge in [-0.15, -0.1) is 0 Å². The van der Waals surface area contributed by atoms with Gasteiger partial charge in [-0.2, -0.15) is 4.90 Å².